The van der Waals surface area contributed by atoms with Crippen LogP contribution in [0.25, 0.3) is 0 Å². The summed E-state index contributed by atoms with van der Waals surface area (Å²) in [6.07, 6.45) is -2.45. The predicted octanol–water partition coefficient (Wildman–Crippen LogP) is 2.99. The second kappa shape index (κ2) is 4.96. The van der Waals surface area contributed by atoms with Crippen LogP contribution in [0.4, 0.5) is 13.2 Å². The van der Waals surface area contributed by atoms with Gasteiger partial charge in [-0.1, -0.05) is 0 Å². The zero-order chi connectivity index (χ0) is 15.0. The van der Waals surface area contributed by atoms with Gasteiger partial charge < -0.3 is 9.84 Å². The summed E-state index contributed by atoms with van der Waals surface area (Å²) in [4.78, 5) is 14.7. The normalized spacial score (nSPS) is 18.4. The maximum Gasteiger partial charge on any atom is 0.395 e. The number of alkyl halides is 3. The molecular formula is C13H14F3NO3. The van der Waals surface area contributed by atoms with Gasteiger partial charge in [0.25, 0.3) is 0 Å². The summed E-state index contributed by atoms with van der Waals surface area (Å²) >= 11 is 0. The number of ether oxygens (including phenoxy) is 1. The van der Waals surface area contributed by atoms with Crippen molar-refractivity contribution in [2.24, 2.45) is 5.41 Å². The highest BCUT2D eigenvalue weighted by molar-refractivity contribution is 5.68. The number of methoxy groups -OCH3 is 1. The van der Waals surface area contributed by atoms with Gasteiger partial charge in [0.1, 0.15) is 5.75 Å². The Morgan fingerprint density at radius 1 is 1.50 bits per heavy atom. The first kappa shape index (κ1) is 14.6. The molecule has 0 bridgehead atoms. The maximum absolute atomic E-state index is 13.2. The topological polar surface area (TPSA) is 59.4 Å². The molecule has 110 valence electrons. The van der Waals surface area contributed by atoms with Gasteiger partial charge in [-0.05, 0) is 24.5 Å². The van der Waals surface area contributed by atoms with Crippen LogP contribution in [0.2, 0.25) is 0 Å². The van der Waals surface area contributed by atoms with E-state index in [4.69, 9.17) is 9.84 Å². The van der Waals surface area contributed by atoms with Crippen molar-refractivity contribution in [3.63, 3.8) is 0 Å². The first-order valence-corrected chi connectivity index (χ1v) is 6.07. The highest BCUT2D eigenvalue weighted by atomic mass is 19.4. The van der Waals surface area contributed by atoms with Crippen LogP contribution in [0.5, 0.6) is 5.75 Å². The maximum atomic E-state index is 13.2. The molecule has 1 atom stereocenters. The molecule has 1 N–H and O–H groups in total. The predicted molar refractivity (Wildman–Crippen MR) is 63.5 cm³/mol. The van der Waals surface area contributed by atoms with Gasteiger partial charge in [0.05, 0.1) is 25.1 Å². The van der Waals surface area contributed by atoms with Crippen molar-refractivity contribution in [3.8, 4) is 5.75 Å². The van der Waals surface area contributed by atoms with Crippen LogP contribution in [0.3, 0.4) is 0 Å². The lowest BCUT2D eigenvalue weighted by atomic mass is 9.81. The van der Waals surface area contributed by atoms with E-state index in [0.717, 1.165) is 0 Å². The molecule has 2 rings (SSSR count). The first-order chi connectivity index (χ1) is 9.30. The summed E-state index contributed by atoms with van der Waals surface area (Å²) in [7, 11) is 1.38. The van der Waals surface area contributed by atoms with Gasteiger partial charge in [-0.25, -0.2) is 0 Å². The molecule has 1 aliphatic rings. The third-order valence-corrected chi connectivity index (χ3v) is 3.77. The Kier molecular flexibility index (Phi) is 3.62. The van der Waals surface area contributed by atoms with E-state index in [1.165, 1.54) is 25.6 Å². The number of halogens is 3. The van der Waals surface area contributed by atoms with Crippen LogP contribution >= 0.6 is 0 Å². The van der Waals surface area contributed by atoms with Crippen molar-refractivity contribution in [1.82, 2.24) is 4.98 Å². The Hall–Kier alpha value is -1.79. The number of rotatable bonds is 5. The Bertz CT molecular complexity index is 512. The van der Waals surface area contributed by atoms with E-state index in [2.05, 4.69) is 4.98 Å². The zero-order valence-electron chi connectivity index (χ0n) is 10.8. The van der Waals surface area contributed by atoms with E-state index in [0.29, 0.717) is 5.75 Å². The van der Waals surface area contributed by atoms with Crippen LogP contribution in [0, 0.1) is 5.41 Å². The molecule has 1 aromatic rings. The summed E-state index contributed by atoms with van der Waals surface area (Å²) in [5.74, 6) is -2.08. The second-order valence-corrected chi connectivity index (χ2v) is 4.96. The van der Waals surface area contributed by atoms with Gasteiger partial charge in [-0.15, -0.1) is 0 Å². The van der Waals surface area contributed by atoms with Gasteiger partial charge in [-0.2, -0.15) is 13.2 Å². The number of aromatic nitrogens is 1. The minimum absolute atomic E-state index is 0.0499. The van der Waals surface area contributed by atoms with Crippen molar-refractivity contribution < 1.29 is 27.8 Å². The second-order valence-electron chi connectivity index (χ2n) is 4.96. The number of carbonyl (C=O) groups is 1. The third-order valence-electron chi connectivity index (χ3n) is 3.77. The van der Waals surface area contributed by atoms with Crippen molar-refractivity contribution in [2.75, 3.05) is 7.11 Å². The number of hydrogen-bond acceptors (Lipinski definition) is 3. The minimum Gasteiger partial charge on any atom is -0.495 e. The molecule has 1 fully saturated rings. The van der Waals surface area contributed by atoms with Gasteiger partial charge in [0.15, 0.2) is 0 Å². The van der Waals surface area contributed by atoms with E-state index < -0.39 is 29.9 Å². The van der Waals surface area contributed by atoms with Crippen molar-refractivity contribution in [1.29, 1.82) is 0 Å². The Morgan fingerprint density at radius 2 is 2.15 bits per heavy atom. The van der Waals surface area contributed by atoms with E-state index >= 15 is 0 Å². The van der Waals surface area contributed by atoms with Crippen LogP contribution in [-0.4, -0.2) is 29.3 Å². The molecule has 0 saturated heterocycles. The molecule has 0 amide bonds. The minimum atomic E-state index is -4.42. The van der Waals surface area contributed by atoms with E-state index in [1.807, 2.05) is 0 Å². The summed E-state index contributed by atoms with van der Waals surface area (Å²) in [6.45, 7) is 0. The Balaban J connectivity index is 2.40. The highest BCUT2D eigenvalue weighted by Crippen LogP contribution is 2.66. The number of nitrogens with zero attached hydrogens (tertiary/aromatic N) is 1. The molecule has 1 heterocycles. The summed E-state index contributed by atoms with van der Waals surface area (Å²) in [5.41, 5.74) is -1.69. The van der Waals surface area contributed by atoms with Gasteiger partial charge in [0.2, 0.25) is 0 Å². The monoisotopic (exact) mass is 289 g/mol. The molecular weight excluding hydrogens is 275 g/mol. The van der Waals surface area contributed by atoms with Crippen LogP contribution in [-0.2, 0) is 4.79 Å². The number of carboxylic acids is 1. The van der Waals surface area contributed by atoms with Crippen molar-refractivity contribution in [3.05, 3.63) is 24.0 Å². The Morgan fingerprint density at radius 3 is 2.60 bits per heavy atom. The lowest BCUT2D eigenvalue weighted by Crippen LogP contribution is -2.32. The summed E-state index contributed by atoms with van der Waals surface area (Å²) in [5, 5.41) is 8.91. The highest BCUT2D eigenvalue weighted by Gasteiger charge is 2.67. The first-order valence-electron chi connectivity index (χ1n) is 6.07. The molecule has 0 aliphatic heterocycles. The fourth-order valence-electron chi connectivity index (χ4n) is 2.51. The fraction of sp³-hybridized carbons (Fsp3) is 0.538. The molecule has 1 aliphatic carbocycles. The quantitative estimate of drug-likeness (QED) is 0.905. The molecule has 1 saturated carbocycles. The van der Waals surface area contributed by atoms with Crippen molar-refractivity contribution in [2.45, 2.75) is 31.4 Å². The summed E-state index contributed by atoms with van der Waals surface area (Å²) < 4.78 is 44.6. The smallest absolute Gasteiger partial charge is 0.395 e. The lowest BCUT2D eigenvalue weighted by molar-refractivity contribution is -0.195. The van der Waals surface area contributed by atoms with Crippen molar-refractivity contribution >= 4 is 5.97 Å². The molecule has 1 unspecified atom stereocenters. The van der Waals surface area contributed by atoms with Crippen LogP contribution in [0.15, 0.2) is 18.5 Å². The van der Waals surface area contributed by atoms with Gasteiger partial charge in [-0.3, -0.25) is 9.78 Å². The number of aliphatic carboxylic acids is 1. The largest absolute Gasteiger partial charge is 0.495 e. The molecule has 4 nitrogen and oxygen atoms in total. The van der Waals surface area contributed by atoms with Gasteiger partial charge >= 0.3 is 12.1 Å². The average molecular weight is 289 g/mol. The zero-order valence-corrected chi connectivity index (χ0v) is 10.8. The molecule has 20 heavy (non-hydrogen) atoms. The third kappa shape index (κ3) is 2.57. The van der Waals surface area contributed by atoms with Gasteiger partial charge in [0, 0.05) is 12.1 Å². The lowest BCUT2D eigenvalue weighted by Gasteiger charge is -2.28. The molecule has 0 aromatic carbocycles. The standard InChI is InChI=1S/C13H14F3NO3/c1-20-9-4-8(6-17-7-9)10(5-11(18)19)12(2-3-12)13(14,15)16/h4,6-7,10H,2-3,5H2,1H3,(H,18,19). The molecule has 0 radical (unpaired) electrons. The van der Waals surface area contributed by atoms with Crippen LogP contribution < -0.4 is 4.74 Å². The molecule has 1 aromatic heterocycles. The number of hydrogen-bond donors (Lipinski definition) is 1. The van der Waals surface area contributed by atoms with Crippen LogP contribution in [0.1, 0.15) is 30.7 Å². The Labute approximate surface area is 113 Å². The van der Waals surface area contributed by atoms with E-state index in [9.17, 15) is 18.0 Å². The fourth-order valence-corrected chi connectivity index (χ4v) is 2.51. The summed E-state index contributed by atoms with van der Waals surface area (Å²) in [6, 6.07) is 1.42. The molecule has 7 heteroatoms. The average Bonchev–Trinajstić information content (AvgIpc) is 3.16. The SMILES string of the molecule is COc1cncc(C(CC(=O)O)C2(C(F)(F)F)CC2)c1. The van der Waals surface area contributed by atoms with E-state index in [1.54, 1.807) is 0 Å². The number of carboxylic acid groups (broad SMARTS) is 1. The van der Waals surface area contributed by atoms with E-state index in [-0.39, 0.29) is 18.4 Å². The molecule has 0 spiro atoms. The number of pyridine rings is 1.